The summed E-state index contributed by atoms with van der Waals surface area (Å²) >= 11 is 3.14. The molecule has 85 heavy (non-hydrogen) atoms. The number of rotatable bonds is 15. The first-order chi connectivity index (χ1) is 41.2. The van der Waals surface area contributed by atoms with Gasteiger partial charge in [-0.15, -0.1) is 29.1 Å². The summed E-state index contributed by atoms with van der Waals surface area (Å²) in [6, 6.07) is 17.6. The molecule has 10 heterocycles. The van der Waals surface area contributed by atoms with Gasteiger partial charge in [-0.25, -0.2) is 18.2 Å². The van der Waals surface area contributed by atoms with E-state index in [0.717, 1.165) is 115 Å². The minimum atomic E-state index is -2.47. The van der Waals surface area contributed by atoms with Crippen LogP contribution < -0.4 is 25.0 Å². The van der Waals surface area contributed by atoms with Gasteiger partial charge in [0, 0.05) is 91.1 Å². The number of likely N-dealkylation sites (tertiary alicyclic amines) is 2. The number of carbonyl (C=O) groups is 2. The fourth-order valence-electron chi connectivity index (χ4n) is 13.0. The second-order valence-corrected chi connectivity index (χ2v) is 25.4. The summed E-state index contributed by atoms with van der Waals surface area (Å²) in [5, 5.41) is 22.4. The lowest BCUT2D eigenvalue weighted by Gasteiger charge is -2.34. The second kappa shape index (κ2) is 23.3. The van der Waals surface area contributed by atoms with Crippen molar-refractivity contribution >= 4 is 82.3 Å². The molecule has 3 aromatic carbocycles. The van der Waals surface area contributed by atoms with Gasteiger partial charge in [-0.2, -0.15) is 15.1 Å². The number of piperazine rings is 1. The number of carbonyl (C=O) groups excluding carboxylic acids is 2. The number of thiazole rings is 1. The molecule has 1 saturated carbocycles. The molecule has 5 atom stereocenters. The maximum absolute atomic E-state index is 15.0. The van der Waals surface area contributed by atoms with Crippen LogP contribution in [0.3, 0.4) is 0 Å². The first kappa shape index (κ1) is 56.4. The Balaban J connectivity index is 0.000000160. The van der Waals surface area contributed by atoms with Crippen LogP contribution in [-0.2, 0) is 16.1 Å². The van der Waals surface area contributed by atoms with Crippen molar-refractivity contribution in [3.8, 4) is 45.9 Å². The van der Waals surface area contributed by atoms with Gasteiger partial charge in [0.2, 0.25) is 11.8 Å². The Bertz CT molecular complexity index is 4010. The summed E-state index contributed by atoms with van der Waals surface area (Å²) < 4.78 is 59.6. The highest BCUT2D eigenvalue weighted by atomic mass is 32.1. The second-order valence-electron chi connectivity index (χ2n) is 23.5. The fraction of sp³-hybridized carbons (Fsp3) is 0.429. The molecule has 2 amide bonds. The molecule has 1 aliphatic carbocycles. The van der Waals surface area contributed by atoms with Gasteiger partial charge in [-0.3, -0.25) is 19.7 Å². The van der Waals surface area contributed by atoms with Crippen LogP contribution in [0.1, 0.15) is 87.3 Å². The summed E-state index contributed by atoms with van der Waals surface area (Å²) in [4.78, 5) is 54.1. The summed E-state index contributed by atoms with van der Waals surface area (Å²) in [5.41, 5.74) is 7.42. The molecule has 440 valence electrons. The number of benzene rings is 3. The summed E-state index contributed by atoms with van der Waals surface area (Å²) in [6.45, 7) is 11.1. The Morgan fingerprint density at radius 1 is 0.976 bits per heavy atom. The molecule has 14 rings (SSSR count). The number of nitrogens with one attached hydrogen (secondary N) is 3. The Morgan fingerprint density at radius 2 is 1.76 bits per heavy atom. The van der Waals surface area contributed by atoms with Crippen molar-refractivity contribution in [1.82, 2.24) is 55.7 Å². The average Bonchev–Trinajstić information content (AvgIpc) is 1.99. The smallest absolute Gasteiger partial charge is 0.319 e. The van der Waals surface area contributed by atoms with Gasteiger partial charge in [-0.1, -0.05) is 50.1 Å². The third-order valence-corrected chi connectivity index (χ3v) is 19.7. The molecule has 5 fully saturated rings. The summed E-state index contributed by atoms with van der Waals surface area (Å²) in [6.07, 6.45) is 14.9. The number of ether oxygens (including phenoxy) is 2. The van der Waals surface area contributed by atoms with E-state index in [0.29, 0.717) is 79.4 Å². The molecule has 0 radical (unpaired) electrons. The Hall–Kier alpha value is -7.71. The molecule has 5 unspecified atom stereocenters. The van der Waals surface area contributed by atoms with Crippen molar-refractivity contribution in [2.24, 2.45) is 17.8 Å². The summed E-state index contributed by atoms with van der Waals surface area (Å²) in [7, 11) is 1.59. The largest absolute Gasteiger partial charge is 0.475 e. The number of amides is 2. The predicted molar refractivity (Wildman–Crippen MR) is 323 cm³/mol. The number of hydrogen-bond donors (Lipinski definition) is 3. The van der Waals surface area contributed by atoms with Crippen LogP contribution in [0.25, 0.3) is 63.7 Å². The maximum Gasteiger partial charge on any atom is 0.319 e. The number of hydrogen-bond acceptors (Lipinski definition) is 16. The lowest BCUT2D eigenvalue weighted by atomic mass is 9.91. The van der Waals surface area contributed by atoms with Gasteiger partial charge in [0.25, 0.3) is 11.8 Å². The van der Waals surface area contributed by atoms with Gasteiger partial charge in [0.1, 0.15) is 28.4 Å². The van der Waals surface area contributed by atoms with Gasteiger partial charge < -0.3 is 39.3 Å². The molecule has 3 N–H and O–H groups in total. The number of terminal acetylenes is 1. The number of aryl methyl sites for hydroxylation is 1. The highest BCUT2D eigenvalue weighted by Crippen LogP contribution is 2.50. The first-order valence-electron chi connectivity index (χ1n) is 29.2. The first-order valence-corrected chi connectivity index (χ1v) is 30.9. The molecule has 6 aromatic heterocycles. The highest BCUT2D eigenvalue weighted by Gasteiger charge is 2.57. The van der Waals surface area contributed by atoms with Crippen molar-refractivity contribution in [2.75, 3.05) is 57.9 Å². The number of thiophene rings is 1. The molecule has 5 aliphatic rings. The van der Waals surface area contributed by atoms with Crippen LogP contribution in [0.4, 0.5) is 19.0 Å². The van der Waals surface area contributed by atoms with Crippen LogP contribution in [0.5, 0.6) is 11.9 Å². The number of halogens is 3. The zero-order valence-electron chi connectivity index (χ0n) is 47.7. The normalized spacial score (nSPS) is 20.7. The quantitative estimate of drug-likeness (QED) is 0.0821. The van der Waals surface area contributed by atoms with E-state index in [2.05, 4.69) is 46.7 Å². The standard InChI is InChI=1S/C34H43F2N5O4S.C29H22FN7OS/c1-21(2)30(28-15-29(39-45-28)44-19-24-10-13-40(14-11-24)18-26-16-34(26,35)36)33(43)41-12-4-5-27(41)32(42)37-17-23-6-8-25(9-7-23)31-22(3)38-20-46-31;1-3-17-20(30)7-4-14-10-21-19(11-32-36-21)23(22(14)17)25-26-18(8-9-31-25)24-27(34-29(38-2)35-28(24)39-26)37-12-15-5-6-16(13-37)33-15/h6-9,15,20-21,24,26-27,30H,4-5,10-14,16-19H2,1-3H3,(H,37,42);1,4,7-11,15-16,33H,5-6,12-13H2,2H3,(H,32,36). The predicted octanol–water partition coefficient (Wildman–Crippen LogP) is 10.9. The van der Waals surface area contributed by atoms with Crippen molar-refractivity contribution in [3.63, 3.8) is 0 Å². The lowest BCUT2D eigenvalue weighted by Crippen LogP contribution is -2.51. The van der Waals surface area contributed by atoms with Gasteiger partial charge in [-0.05, 0) is 110 Å². The number of anilines is 1. The van der Waals surface area contributed by atoms with E-state index < -0.39 is 29.6 Å². The number of methoxy groups -OCH3 is 1. The van der Waals surface area contributed by atoms with Gasteiger partial charge in [0.05, 0.1) is 62.9 Å². The third-order valence-electron chi connectivity index (χ3n) is 17.6. The van der Waals surface area contributed by atoms with E-state index in [1.807, 2.05) is 62.7 Å². The van der Waals surface area contributed by atoms with Crippen molar-refractivity contribution < 1.29 is 36.8 Å². The van der Waals surface area contributed by atoms with E-state index in [9.17, 15) is 18.4 Å². The molecular formula is C63H65F3N12O5S2. The number of H-pyrrole nitrogens is 1. The molecule has 2 bridgehead atoms. The van der Waals surface area contributed by atoms with E-state index in [-0.39, 0.29) is 29.7 Å². The zero-order valence-corrected chi connectivity index (χ0v) is 49.3. The van der Waals surface area contributed by atoms with Crippen LogP contribution >= 0.6 is 22.7 Å². The Morgan fingerprint density at radius 3 is 2.48 bits per heavy atom. The van der Waals surface area contributed by atoms with Crippen molar-refractivity contribution in [3.05, 3.63) is 101 Å². The molecular weight excluding hydrogens is 1130 g/mol. The van der Waals surface area contributed by atoms with Crippen LogP contribution in [0, 0.1) is 42.8 Å². The molecule has 0 spiro atoms. The zero-order chi connectivity index (χ0) is 58.7. The van der Waals surface area contributed by atoms with E-state index in [4.69, 9.17) is 35.4 Å². The number of aromatic nitrogens is 7. The monoisotopic (exact) mass is 1190 g/mol. The van der Waals surface area contributed by atoms with Crippen LogP contribution in [-0.4, -0.2) is 134 Å². The number of nitrogens with zero attached hydrogens (tertiary/aromatic N) is 9. The van der Waals surface area contributed by atoms with Crippen molar-refractivity contribution in [1.29, 1.82) is 0 Å². The minimum Gasteiger partial charge on any atom is -0.475 e. The molecule has 9 aromatic rings. The average molecular weight is 1190 g/mol. The van der Waals surface area contributed by atoms with Crippen molar-refractivity contribution in [2.45, 2.75) is 102 Å². The molecule has 22 heteroatoms. The van der Waals surface area contributed by atoms with Gasteiger partial charge >= 0.3 is 6.01 Å². The Kier molecular flexibility index (Phi) is 15.5. The number of fused-ring (bicyclic) bond motifs is 7. The van der Waals surface area contributed by atoms with E-state index >= 15 is 4.39 Å². The maximum atomic E-state index is 15.0. The SMILES string of the molecule is C#Cc1c(F)ccc2cc3[nH]ncc3c(-c3nccc4c3sc3nc(OC)nc(N5CC6CCC(C5)N6)c34)c12.Cc1ncsc1-c1ccc(CNC(=O)C2CCCN2C(=O)C(c2cc(OCC3CCN(CC4CC4(F)F)CC3)no2)C(C)C)cc1. The Labute approximate surface area is 497 Å². The van der Waals surface area contributed by atoms with E-state index in [1.165, 1.54) is 30.2 Å². The molecule has 17 nitrogen and oxygen atoms in total. The summed E-state index contributed by atoms with van der Waals surface area (Å²) in [5.74, 6) is 0.145. The number of piperidine rings is 1. The molecule has 4 saturated heterocycles. The number of pyridine rings is 1. The molecule has 4 aliphatic heterocycles. The third kappa shape index (κ3) is 11.2. The number of aromatic amines is 1. The van der Waals surface area contributed by atoms with Gasteiger partial charge in [0.15, 0.2) is 5.76 Å². The fourth-order valence-corrected chi connectivity index (χ4v) is 14.9. The topological polar surface area (TPSA) is 193 Å². The minimum absolute atomic E-state index is 0.0140. The lowest BCUT2D eigenvalue weighted by molar-refractivity contribution is -0.140. The van der Waals surface area contributed by atoms with Crippen LogP contribution in [0.2, 0.25) is 0 Å². The van der Waals surface area contributed by atoms with E-state index in [1.54, 1.807) is 47.9 Å². The number of alkyl halides is 2. The highest BCUT2D eigenvalue weighted by molar-refractivity contribution is 7.26. The van der Waals surface area contributed by atoms with Crippen LogP contribution in [0.15, 0.2) is 77.0 Å².